The Labute approximate surface area is 152 Å². The van der Waals surface area contributed by atoms with Gasteiger partial charge in [-0.1, -0.05) is 44.2 Å². The Hall–Kier alpha value is -3.02. The third-order valence-electron chi connectivity index (χ3n) is 3.97. The van der Waals surface area contributed by atoms with E-state index >= 15 is 0 Å². The van der Waals surface area contributed by atoms with Crippen molar-refractivity contribution in [3.8, 4) is 0 Å². The molecule has 1 amide bonds. The van der Waals surface area contributed by atoms with Crippen molar-refractivity contribution in [2.75, 3.05) is 7.11 Å². The minimum Gasteiger partial charge on any atom is -0.467 e. The van der Waals surface area contributed by atoms with Gasteiger partial charge >= 0.3 is 5.97 Å². The fourth-order valence-corrected chi connectivity index (χ4v) is 2.51. The van der Waals surface area contributed by atoms with E-state index < -0.39 is 17.9 Å². The van der Waals surface area contributed by atoms with Gasteiger partial charge in [-0.2, -0.15) is 0 Å². The molecule has 6 nitrogen and oxygen atoms in total. The number of pyridine rings is 1. The fraction of sp³-hybridized carbons (Fsp3) is 0.300. The molecule has 0 unspecified atom stereocenters. The molecular weight excluding hydrogens is 332 g/mol. The molecule has 2 aromatic rings. The highest BCUT2D eigenvalue weighted by molar-refractivity contribution is 6.01. The van der Waals surface area contributed by atoms with Crippen LogP contribution in [0, 0.1) is 5.92 Å². The first kappa shape index (κ1) is 19.3. The molecular formula is C20H22N2O4. The first-order chi connectivity index (χ1) is 12.4. The lowest BCUT2D eigenvalue weighted by Crippen LogP contribution is -2.45. The van der Waals surface area contributed by atoms with E-state index in [1.54, 1.807) is 36.4 Å². The van der Waals surface area contributed by atoms with Crippen molar-refractivity contribution in [2.45, 2.75) is 26.3 Å². The summed E-state index contributed by atoms with van der Waals surface area (Å²) >= 11 is 0. The summed E-state index contributed by atoms with van der Waals surface area (Å²) in [7, 11) is 1.28. The highest BCUT2D eigenvalue weighted by Gasteiger charge is 2.26. The molecule has 26 heavy (non-hydrogen) atoms. The second-order valence-corrected chi connectivity index (χ2v) is 6.18. The van der Waals surface area contributed by atoms with Crippen LogP contribution in [0.3, 0.4) is 0 Å². The number of nitrogens with zero attached hydrogens (tertiary/aromatic N) is 1. The molecule has 0 fully saturated rings. The molecule has 0 spiro atoms. The number of rotatable bonds is 7. The number of Topliss-reactive ketones (excluding diaryl/α,β-unsaturated/α-hetero) is 1. The largest absolute Gasteiger partial charge is 0.467 e. The number of esters is 1. The number of hydrogen-bond acceptors (Lipinski definition) is 5. The van der Waals surface area contributed by atoms with Gasteiger partial charge in [0.05, 0.1) is 24.8 Å². The molecule has 2 rings (SSSR count). The van der Waals surface area contributed by atoms with Gasteiger partial charge in [0.25, 0.3) is 5.91 Å². The van der Waals surface area contributed by atoms with Crippen molar-refractivity contribution < 1.29 is 19.1 Å². The van der Waals surface area contributed by atoms with Crippen LogP contribution >= 0.6 is 0 Å². The Balaban J connectivity index is 2.21. The van der Waals surface area contributed by atoms with E-state index in [1.807, 2.05) is 19.9 Å². The van der Waals surface area contributed by atoms with Crippen molar-refractivity contribution in [2.24, 2.45) is 5.92 Å². The number of ether oxygens (including phenoxy) is 1. The lowest BCUT2D eigenvalue weighted by atomic mass is 10.0. The monoisotopic (exact) mass is 354 g/mol. The molecule has 1 aromatic heterocycles. The molecule has 1 aromatic carbocycles. The zero-order valence-electron chi connectivity index (χ0n) is 15.1. The predicted octanol–water partition coefficient (Wildman–Crippen LogP) is 2.43. The Bertz CT molecular complexity index is 787. The minimum atomic E-state index is -0.773. The number of aromatic nitrogens is 1. The van der Waals surface area contributed by atoms with Gasteiger partial charge in [-0.15, -0.1) is 0 Å². The van der Waals surface area contributed by atoms with Gasteiger partial charge in [0, 0.05) is 11.8 Å². The molecule has 136 valence electrons. The van der Waals surface area contributed by atoms with Crippen molar-refractivity contribution in [1.82, 2.24) is 10.3 Å². The summed E-state index contributed by atoms with van der Waals surface area (Å²) in [5.41, 5.74) is 1.19. The first-order valence-corrected chi connectivity index (χ1v) is 8.35. The number of amides is 1. The summed E-state index contributed by atoms with van der Waals surface area (Å²) in [4.78, 5) is 41.1. The van der Waals surface area contributed by atoms with E-state index in [4.69, 9.17) is 4.74 Å². The molecule has 0 saturated heterocycles. The second kappa shape index (κ2) is 8.89. The van der Waals surface area contributed by atoms with Crippen LogP contribution in [0.15, 0.2) is 48.7 Å². The van der Waals surface area contributed by atoms with Crippen LogP contribution in [0.1, 0.15) is 40.3 Å². The van der Waals surface area contributed by atoms with Crippen LogP contribution in [0.2, 0.25) is 0 Å². The average Bonchev–Trinajstić information content (AvgIpc) is 2.66. The topological polar surface area (TPSA) is 85.4 Å². The fourth-order valence-electron chi connectivity index (χ4n) is 2.51. The zero-order valence-corrected chi connectivity index (χ0v) is 15.1. The summed E-state index contributed by atoms with van der Waals surface area (Å²) in [5, 5.41) is 2.67. The van der Waals surface area contributed by atoms with Crippen LogP contribution in [-0.4, -0.2) is 35.8 Å². The van der Waals surface area contributed by atoms with E-state index in [0.29, 0.717) is 11.3 Å². The Morgan fingerprint density at radius 1 is 1.08 bits per heavy atom. The Morgan fingerprint density at radius 2 is 1.77 bits per heavy atom. The molecule has 0 aliphatic rings. The van der Waals surface area contributed by atoms with Crippen molar-refractivity contribution >= 4 is 17.7 Å². The van der Waals surface area contributed by atoms with Gasteiger partial charge in [-0.05, 0) is 18.1 Å². The van der Waals surface area contributed by atoms with Crippen molar-refractivity contribution in [3.63, 3.8) is 0 Å². The maximum Gasteiger partial charge on any atom is 0.328 e. The SMILES string of the molecule is COC(=O)[C@H](NC(=O)c1cccnc1CC(=O)c1ccccc1)C(C)C. The normalized spacial score (nSPS) is 11.7. The lowest BCUT2D eigenvalue weighted by molar-refractivity contribution is -0.144. The summed E-state index contributed by atoms with van der Waals surface area (Å²) in [6.45, 7) is 3.62. The average molecular weight is 354 g/mol. The standard InChI is InChI=1S/C20H22N2O4/c1-13(2)18(20(25)26-3)22-19(24)15-10-7-11-21-16(15)12-17(23)14-8-5-4-6-9-14/h4-11,13,18H,12H2,1-3H3,(H,22,24)/t18-/m1/s1. The maximum absolute atomic E-state index is 12.6. The van der Waals surface area contributed by atoms with Crippen LogP contribution in [0.5, 0.6) is 0 Å². The van der Waals surface area contributed by atoms with Gasteiger partial charge in [0.1, 0.15) is 6.04 Å². The highest BCUT2D eigenvalue weighted by atomic mass is 16.5. The number of carbonyl (C=O) groups is 3. The molecule has 0 saturated carbocycles. The van der Waals surface area contributed by atoms with E-state index in [1.165, 1.54) is 13.3 Å². The first-order valence-electron chi connectivity index (χ1n) is 8.35. The van der Waals surface area contributed by atoms with Gasteiger partial charge in [-0.3, -0.25) is 14.6 Å². The molecule has 0 aliphatic carbocycles. The number of benzene rings is 1. The number of carbonyl (C=O) groups excluding carboxylic acids is 3. The van der Waals surface area contributed by atoms with E-state index in [-0.39, 0.29) is 23.7 Å². The van der Waals surface area contributed by atoms with E-state index in [9.17, 15) is 14.4 Å². The van der Waals surface area contributed by atoms with Crippen LogP contribution in [0.4, 0.5) is 0 Å². The van der Waals surface area contributed by atoms with E-state index in [2.05, 4.69) is 10.3 Å². The second-order valence-electron chi connectivity index (χ2n) is 6.18. The van der Waals surface area contributed by atoms with Crippen LogP contribution < -0.4 is 5.32 Å². The van der Waals surface area contributed by atoms with Crippen LogP contribution in [0.25, 0.3) is 0 Å². The molecule has 0 bridgehead atoms. The molecule has 0 radical (unpaired) electrons. The van der Waals surface area contributed by atoms with Crippen LogP contribution in [-0.2, 0) is 16.0 Å². The molecule has 0 aliphatic heterocycles. The van der Waals surface area contributed by atoms with Gasteiger partial charge in [0.2, 0.25) is 0 Å². The van der Waals surface area contributed by atoms with Crippen molar-refractivity contribution in [1.29, 1.82) is 0 Å². The number of nitrogens with one attached hydrogen (secondary N) is 1. The summed E-state index contributed by atoms with van der Waals surface area (Å²) in [6.07, 6.45) is 1.53. The maximum atomic E-state index is 12.6. The smallest absolute Gasteiger partial charge is 0.328 e. The molecule has 1 atom stereocenters. The predicted molar refractivity (Wildman–Crippen MR) is 96.8 cm³/mol. The van der Waals surface area contributed by atoms with Gasteiger partial charge in [-0.25, -0.2) is 4.79 Å². The number of hydrogen-bond donors (Lipinski definition) is 1. The van der Waals surface area contributed by atoms with E-state index in [0.717, 1.165) is 0 Å². The third-order valence-corrected chi connectivity index (χ3v) is 3.97. The third kappa shape index (κ3) is 4.75. The lowest BCUT2D eigenvalue weighted by Gasteiger charge is -2.20. The number of ketones is 1. The van der Waals surface area contributed by atoms with Gasteiger partial charge < -0.3 is 10.1 Å². The highest BCUT2D eigenvalue weighted by Crippen LogP contribution is 2.12. The molecule has 1 N–H and O–H groups in total. The Morgan fingerprint density at radius 3 is 2.38 bits per heavy atom. The molecule has 1 heterocycles. The quantitative estimate of drug-likeness (QED) is 0.610. The summed E-state index contributed by atoms with van der Waals surface area (Å²) in [5.74, 6) is -1.25. The Kier molecular flexibility index (Phi) is 6.60. The summed E-state index contributed by atoms with van der Waals surface area (Å²) in [6, 6.07) is 11.3. The van der Waals surface area contributed by atoms with Crippen molar-refractivity contribution in [3.05, 3.63) is 65.5 Å². The summed E-state index contributed by atoms with van der Waals surface area (Å²) < 4.78 is 4.74. The minimum absolute atomic E-state index is 0.00181. The molecule has 6 heteroatoms. The zero-order chi connectivity index (χ0) is 19.1. The number of methoxy groups -OCH3 is 1. The van der Waals surface area contributed by atoms with Gasteiger partial charge in [0.15, 0.2) is 5.78 Å².